The molecule has 2 bridgehead atoms. The Morgan fingerprint density at radius 1 is 1.30 bits per heavy atom. The van der Waals surface area contributed by atoms with Crippen LogP contribution in [0.15, 0.2) is 30.5 Å². The molecule has 5 nitrogen and oxygen atoms in total. The van der Waals surface area contributed by atoms with Crippen molar-refractivity contribution in [3.8, 4) is 5.75 Å². The first-order valence-corrected chi connectivity index (χ1v) is 8.07. The second-order valence-electron chi connectivity index (χ2n) is 6.39. The summed E-state index contributed by atoms with van der Waals surface area (Å²) in [6, 6.07) is 6.98. The number of nitrogens with zero attached hydrogens (tertiary/aromatic N) is 2. The summed E-state index contributed by atoms with van der Waals surface area (Å²) in [4.78, 5) is 19.1. The minimum atomic E-state index is -0.830. The van der Waals surface area contributed by atoms with Gasteiger partial charge in [0.25, 0.3) is 0 Å². The highest BCUT2D eigenvalue weighted by atomic mass is 16.5. The number of rotatable bonds is 3. The molecular formula is C18H20N2O3. The normalized spacial score (nSPS) is 28.1. The zero-order chi connectivity index (χ0) is 16.0. The van der Waals surface area contributed by atoms with Crippen molar-refractivity contribution in [3.05, 3.63) is 36.0 Å². The van der Waals surface area contributed by atoms with Gasteiger partial charge in [0.15, 0.2) is 5.78 Å². The molecule has 0 saturated carbocycles. The van der Waals surface area contributed by atoms with Crippen LogP contribution in [-0.4, -0.2) is 47.0 Å². The molecule has 2 atom stereocenters. The van der Waals surface area contributed by atoms with Gasteiger partial charge in [0, 0.05) is 17.5 Å². The van der Waals surface area contributed by atoms with E-state index >= 15 is 0 Å². The number of carbonyl (C=O) groups is 1. The highest BCUT2D eigenvalue weighted by molar-refractivity contribution is 5.90. The van der Waals surface area contributed by atoms with Crippen LogP contribution in [0.4, 0.5) is 0 Å². The maximum atomic E-state index is 12.6. The van der Waals surface area contributed by atoms with E-state index in [1.807, 2.05) is 24.3 Å². The van der Waals surface area contributed by atoms with Gasteiger partial charge in [-0.1, -0.05) is 0 Å². The summed E-state index contributed by atoms with van der Waals surface area (Å²) in [5.74, 6) is 1.01. The number of pyridine rings is 1. The number of aliphatic hydroxyl groups is 1. The number of hydrogen-bond acceptors (Lipinski definition) is 5. The van der Waals surface area contributed by atoms with Gasteiger partial charge in [-0.05, 0) is 55.8 Å². The molecule has 3 aliphatic rings. The van der Waals surface area contributed by atoms with Gasteiger partial charge in [0.1, 0.15) is 11.9 Å². The summed E-state index contributed by atoms with van der Waals surface area (Å²) in [6.07, 6.45) is 2.71. The number of fused-ring (bicyclic) bond motifs is 4. The lowest BCUT2D eigenvalue weighted by Gasteiger charge is -2.45. The van der Waals surface area contributed by atoms with Gasteiger partial charge < -0.3 is 9.84 Å². The summed E-state index contributed by atoms with van der Waals surface area (Å²) in [5.41, 5.74) is 1.55. The van der Waals surface area contributed by atoms with Crippen LogP contribution in [0.25, 0.3) is 10.9 Å². The zero-order valence-corrected chi connectivity index (χ0v) is 13.1. The second kappa shape index (κ2) is 5.58. The summed E-state index contributed by atoms with van der Waals surface area (Å²) in [6.45, 7) is 1.79. The zero-order valence-electron chi connectivity index (χ0n) is 13.1. The van der Waals surface area contributed by atoms with Crippen molar-refractivity contribution in [1.29, 1.82) is 0 Å². The van der Waals surface area contributed by atoms with Gasteiger partial charge in [-0.25, -0.2) is 0 Å². The van der Waals surface area contributed by atoms with Crippen molar-refractivity contribution in [3.63, 3.8) is 0 Å². The van der Waals surface area contributed by atoms with Crippen molar-refractivity contribution in [2.75, 3.05) is 20.2 Å². The van der Waals surface area contributed by atoms with Gasteiger partial charge in [0.05, 0.1) is 18.7 Å². The Morgan fingerprint density at radius 2 is 2.09 bits per heavy atom. The second-order valence-corrected chi connectivity index (χ2v) is 6.39. The number of ether oxygens (including phenoxy) is 1. The lowest BCUT2D eigenvalue weighted by molar-refractivity contribution is -0.143. The molecular weight excluding hydrogens is 292 g/mol. The number of Topliss-reactive ketones (excluding diaryl/α,β-unsaturated/α-hetero) is 1. The number of piperidine rings is 3. The molecule has 2 unspecified atom stereocenters. The van der Waals surface area contributed by atoms with E-state index in [9.17, 15) is 9.90 Å². The fourth-order valence-corrected chi connectivity index (χ4v) is 3.94. The first-order valence-electron chi connectivity index (χ1n) is 8.07. The molecule has 0 spiro atoms. The Bertz CT molecular complexity index is 753. The Morgan fingerprint density at radius 3 is 2.78 bits per heavy atom. The standard InChI is InChI=1S/C18H20N2O3/c1-23-12-2-3-15-14(10-12)13(4-7-19-15)18(22)16-17(21)11-5-8-20(16)9-6-11/h2-4,7,10-11,16,18,22H,5-6,8-9H2,1H3. The largest absolute Gasteiger partial charge is 0.497 e. The fourth-order valence-electron chi connectivity index (χ4n) is 3.94. The molecule has 4 heterocycles. The van der Waals surface area contributed by atoms with E-state index in [0.29, 0.717) is 0 Å². The van der Waals surface area contributed by atoms with Crippen molar-refractivity contribution in [2.45, 2.75) is 25.0 Å². The van der Waals surface area contributed by atoms with Crippen LogP contribution in [0.2, 0.25) is 0 Å². The van der Waals surface area contributed by atoms with Crippen molar-refractivity contribution < 1.29 is 14.6 Å². The first kappa shape index (κ1) is 14.6. The van der Waals surface area contributed by atoms with Crippen molar-refractivity contribution in [1.82, 2.24) is 9.88 Å². The molecule has 5 heteroatoms. The molecule has 3 aliphatic heterocycles. The van der Waals surface area contributed by atoms with Crippen LogP contribution in [0.5, 0.6) is 5.75 Å². The highest BCUT2D eigenvalue weighted by Crippen LogP contribution is 2.37. The van der Waals surface area contributed by atoms with Gasteiger partial charge in [0.2, 0.25) is 0 Å². The Kier molecular flexibility index (Phi) is 3.54. The third-order valence-corrected chi connectivity index (χ3v) is 5.22. The number of ketones is 1. The van der Waals surface area contributed by atoms with E-state index in [1.54, 1.807) is 13.3 Å². The number of aromatic nitrogens is 1. The molecule has 120 valence electrons. The van der Waals surface area contributed by atoms with Gasteiger partial charge in [-0.3, -0.25) is 14.7 Å². The van der Waals surface area contributed by atoms with Gasteiger partial charge in [-0.2, -0.15) is 0 Å². The fraction of sp³-hybridized carbons (Fsp3) is 0.444. The minimum Gasteiger partial charge on any atom is -0.497 e. The average Bonchev–Trinajstić information content (AvgIpc) is 2.61. The molecule has 1 aromatic carbocycles. The smallest absolute Gasteiger partial charge is 0.156 e. The van der Waals surface area contributed by atoms with Crippen LogP contribution in [-0.2, 0) is 4.79 Å². The van der Waals surface area contributed by atoms with E-state index in [0.717, 1.165) is 48.1 Å². The maximum Gasteiger partial charge on any atom is 0.156 e. The Balaban J connectivity index is 1.77. The minimum absolute atomic E-state index is 0.113. The van der Waals surface area contributed by atoms with E-state index in [4.69, 9.17) is 4.74 Å². The van der Waals surface area contributed by atoms with Crippen LogP contribution in [0.3, 0.4) is 0 Å². The molecule has 1 aromatic heterocycles. The average molecular weight is 312 g/mol. The highest BCUT2D eigenvalue weighted by Gasteiger charge is 2.45. The number of benzene rings is 1. The summed E-state index contributed by atoms with van der Waals surface area (Å²) in [7, 11) is 1.61. The molecule has 3 fully saturated rings. The third kappa shape index (κ3) is 2.31. The topological polar surface area (TPSA) is 62.7 Å². The molecule has 3 saturated heterocycles. The van der Waals surface area contributed by atoms with E-state index in [2.05, 4.69) is 9.88 Å². The molecule has 1 N–H and O–H groups in total. The van der Waals surface area contributed by atoms with Gasteiger partial charge >= 0.3 is 0 Å². The van der Waals surface area contributed by atoms with Crippen LogP contribution < -0.4 is 4.74 Å². The Labute approximate surface area is 134 Å². The molecule has 23 heavy (non-hydrogen) atoms. The van der Waals surface area contributed by atoms with E-state index < -0.39 is 12.1 Å². The van der Waals surface area contributed by atoms with Crippen LogP contribution >= 0.6 is 0 Å². The van der Waals surface area contributed by atoms with Crippen molar-refractivity contribution in [2.24, 2.45) is 5.92 Å². The predicted octanol–water partition coefficient (Wildman–Crippen LogP) is 1.94. The maximum absolute atomic E-state index is 12.6. The number of methoxy groups -OCH3 is 1. The Hall–Kier alpha value is -1.98. The lowest BCUT2D eigenvalue weighted by Crippen LogP contribution is -2.57. The number of carbonyl (C=O) groups excluding carboxylic acids is 1. The van der Waals surface area contributed by atoms with Gasteiger partial charge in [-0.15, -0.1) is 0 Å². The van der Waals surface area contributed by atoms with Crippen molar-refractivity contribution >= 4 is 16.7 Å². The third-order valence-electron chi connectivity index (χ3n) is 5.22. The summed E-state index contributed by atoms with van der Waals surface area (Å²) in [5, 5.41) is 11.8. The SMILES string of the molecule is COc1ccc2nccc(C(O)C3C(=O)C4CCN3CC4)c2c1. The quantitative estimate of drug-likeness (QED) is 0.938. The number of aliphatic hydroxyl groups excluding tert-OH is 1. The van der Waals surface area contributed by atoms with Crippen LogP contribution in [0.1, 0.15) is 24.5 Å². The summed E-state index contributed by atoms with van der Waals surface area (Å²) < 4.78 is 5.29. The van der Waals surface area contributed by atoms with E-state index in [1.165, 1.54) is 0 Å². The monoisotopic (exact) mass is 312 g/mol. The molecule has 0 aliphatic carbocycles. The lowest BCUT2D eigenvalue weighted by atomic mass is 9.78. The van der Waals surface area contributed by atoms with Crippen LogP contribution in [0, 0.1) is 5.92 Å². The molecule has 0 amide bonds. The molecule has 5 rings (SSSR count). The predicted molar refractivity (Wildman–Crippen MR) is 86.3 cm³/mol. The first-order chi connectivity index (χ1) is 11.2. The molecule has 2 aromatic rings. The molecule has 0 radical (unpaired) electrons. The summed E-state index contributed by atoms with van der Waals surface area (Å²) >= 11 is 0. The number of hydrogen-bond donors (Lipinski definition) is 1. The van der Waals surface area contributed by atoms with E-state index in [-0.39, 0.29) is 11.7 Å².